The van der Waals surface area contributed by atoms with Crippen molar-refractivity contribution in [1.82, 2.24) is 14.3 Å². The maximum Gasteiger partial charge on any atom is 0.243 e. The van der Waals surface area contributed by atoms with Crippen LogP contribution in [-0.2, 0) is 14.8 Å². The molecule has 0 amide bonds. The molecule has 0 saturated carbocycles. The van der Waals surface area contributed by atoms with E-state index in [1.165, 1.54) is 22.5 Å². The summed E-state index contributed by atoms with van der Waals surface area (Å²) < 4.78 is 45.9. The third-order valence-corrected chi connectivity index (χ3v) is 7.04. The molecule has 4 rings (SSSR count). The fraction of sp³-hybridized carbons (Fsp3) is 0.474. The molecule has 1 aromatic carbocycles. The summed E-state index contributed by atoms with van der Waals surface area (Å²) in [5.41, 5.74) is 0. The largest absolute Gasteiger partial charge is 0.378 e. The fourth-order valence-electron chi connectivity index (χ4n) is 3.59. The minimum absolute atomic E-state index is 0.0153. The average molecular weight is 421 g/mol. The van der Waals surface area contributed by atoms with Gasteiger partial charge < -0.3 is 14.5 Å². The van der Waals surface area contributed by atoms with E-state index in [4.69, 9.17) is 4.74 Å². The van der Waals surface area contributed by atoms with Gasteiger partial charge in [0.1, 0.15) is 23.3 Å². The summed E-state index contributed by atoms with van der Waals surface area (Å²) in [5, 5.41) is 0. The van der Waals surface area contributed by atoms with Crippen LogP contribution in [0.25, 0.3) is 0 Å². The molecule has 8 nitrogen and oxygen atoms in total. The minimum Gasteiger partial charge on any atom is -0.378 e. The van der Waals surface area contributed by atoms with Crippen LogP contribution in [0.4, 0.5) is 16.0 Å². The molecule has 0 unspecified atom stereocenters. The van der Waals surface area contributed by atoms with Gasteiger partial charge in [-0.3, -0.25) is 0 Å². The van der Waals surface area contributed by atoms with E-state index in [9.17, 15) is 12.8 Å². The molecule has 0 atom stereocenters. The maximum absolute atomic E-state index is 13.5. The molecule has 2 fully saturated rings. The van der Waals surface area contributed by atoms with Crippen LogP contribution in [0.2, 0.25) is 0 Å². The Bertz CT molecular complexity index is 974. The van der Waals surface area contributed by atoms with Crippen molar-refractivity contribution in [2.75, 3.05) is 62.3 Å². The van der Waals surface area contributed by atoms with Crippen molar-refractivity contribution in [2.24, 2.45) is 0 Å². The minimum atomic E-state index is -3.71. The topological polar surface area (TPSA) is 78.9 Å². The zero-order valence-electron chi connectivity index (χ0n) is 16.3. The second kappa shape index (κ2) is 8.21. The number of hydrogen-bond acceptors (Lipinski definition) is 7. The lowest BCUT2D eigenvalue weighted by atomic mass is 10.3. The average Bonchev–Trinajstić information content (AvgIpc) is 2.74. The van der Waals surface area contributed by atoms with Gasteiger partial charge in [0.15, 0.2) is 0 Å². The van der Waals surface area contributed by atoms with Crippen LogP contribution >= 0.6 is 0 Å². The number of piperazine rings is 1. The predicted molar refractivity (Wildman–Crippen MR) is 107 cm³/mol. The maximum atomic E-state index is 13.5. The first-order valence-electron chi connectivity index (χ1n) is 9.62. The summed E-state index contributed by atoms with van der Waals surface area (Å²) in [6.07, 6.45) is 0. The Hall–Kier alpha value is -2.30. The molecule has 3 heterocycles. The molecule has 0 spiro atoms. The first-order chi connectivity index (χ1) is 13.9. The number of halogens is 1. The molecular weight excluding hydrogens is 397 g/mol. The molecule has 2 aliphatic heterocycles. The third kappa shape index (κ3) is 4.34. The Morgan fingerprint density at radius 3 is 2.17 bits per heavy atom. The predicted octanol–water partition coefficient (Wildman–Crippen LogP) is 1.27. The van der Waals surface area contributed by atoms with Crippen LogP contribution in [0.5, 0.6) is 0 Å². The van der Waals surface area contributed by atoms with Gasteiger partial charge in [-0.05, 0) is 25.1 Å². The highest BCUT2D eigenvalue weighted by Gasteiger charge is 2.29. The highest BCUT2D eigenvalue weighted by Crippen LogP contribution is 2.23. The van der Waals surface area contributed by atoms with Crippen molar-refractivity contribution in [3.63, 3.8) is 0 Å². The molecule has 2 aliphatic rings. The van der Waals surface area contributed by atoms with Gasteiger partial charge in [-0.25, -0.2) is 22.8 Å². The summed E-state index contributed by atoms with van der Waals surface area (Å²) in [4.78, 5) is 13.3. The SMILES string of the molecule is Cc1nc(N2CCOCC2)cc(N2CCN(S(=O)(=O)c3cccc(F)c3)CC2)n1. The summed E-state index contributed by atoms with van der Waals surface area (Å²) in [6.45, 7) is 6.43. The molecule has 0 aliphatic carbocycles. The Morgan fingerprint density at radius 1 is 0.931 bits per heavy atom. The van der Waals surface area contributed by atoms with E-state index in [0.717, 1.165) is 30.8 Å². The first kappa shape index (κ1) is 20.0. The number of morpholine rings is 1. The van der Waals surface area contributed by atoms with Crippen molar-refractivity contribution < 1.29 is 17.5 Å². The number of hydrogen-bond donors (Lipinski definition) is 0. The van der Waals surface area contributed by atoms with Gasteiger partial charge in [0, 0.05) is 45.3 Å². The number of sulfonamides is 1. The van der Waals surface area contributed by atoms with Gasteiger partial charge in [0.2, 0.25) is 10.0 Å². The first-order valence-corrected chi connectivity index (χ1v) is 11.1. The third-order valence-electron chi connectivity index (χ3n) is 5.14. The van der Waals surface area contributed by atoms with Crippen LogP contribution in [0, 0.1) is 12.7 Å². The fourth-order valence-corrected chi connectivity index (χ4v) is 5.04. The van der Waals surface area contributed by atoms with Gasteiger partial charge in [-0.15, -0.1) is 0 Å². The van der Waals surface area contributed by atoms with Crippen molar-refractivity contribution in [3.05, 3.63) is 42.0 Å². The van der Waals surface area contributed by atoms with E-state index < -0.39 is 15.8 Å². The molecule has 10 heteroatoms. The summed E-state index contributed by atoms with van der Waals surface area (Å²) >= 11 is 0. The van der Waals surface area contributed by atoms with Gasteiger partial charge in [0.05, 0.1) is 18.1 Å². The molecule has 0 N–H and O–H groups in total. The molecular formula is C19H24FN5O3S. The second-order valence-electron chi connectivity index (χ2n) is 7.08. The van der Waals surface area contributed by atoms with Gasteiger partial charge in [-0.1, -0.05) is 6.07 Å². The van der Waals surface area contributed by atoms with Crippen LogP contribution in [0.1, 0.15) is 5.82 Å². The van der Waals surface area contributed by atoms with E-state index in [-0.39, 0.29) is 4.90 Å². The zero-order chi connectivity index (χ0) is 20.4. The van der Waals surface area contributed by atoms with Gasteiger partial charge in [-0.2, -0.15) is 4.31 Å². The monoisotopic (exact) mass is 421 g/mol. The molecule has 0 bridgehead atoms. The lowest BCUT2D eigenvalue weighted by molar-refractivity contribution is 0.122. The van der Waals surface area contributed by atoms with Crippen LogP contribution in [0.15, 0.2) is 35.2 Å². The number of benzene rings is 1. The summed E-state index contributed by atoms with van der Waals surface area (Å²) in [7, 11) is -3.71. The van der Waals surface area contributed by atoms with Crippen LogP contribution < -0.4 is 9.80 Å². The standard InChI is InChI=1S/C19H24FN5O3S/c1-15-21-18(14-19(22-15)24-9-11-28-12-10-24)23-5-7-25(8-6-23)29(26,27)17-4-2-3-16(20)13-17/h2-4,13-14H,5-12H2,1H3. The molecule has 156 valence electrons. The number of nitrogens with zero attached hydrogens (tertiary/aromatic N) is 5. The van der Waals surface area contributed by atoms with E-state index in [0.29, 0.717) is 45.2 Å². The number of rotatable bonds is 4. The molecule has 29 heavy (non-hydrogen) atoms. The Labute approximate surface area is 170 Å². The molecule has 1 aromatic heterocycles. The summed E-state index contributed by atoms with van der Waals surface area (Å²) in [5.74, 6) is 1.78. The Kier molecular flexibility index (Phi) is 5.66. The van der Waals surface area contributed by atoms with Crippen molar-refractivity contribution >= 4 is 21.7 Å². The number of aryl methyl sites for hydroxylation is 1. The molecule has 0 radical (unpaired) electrons. The Morgan fingerprint density at radius 2 is 1.55 bits per heavy atom. The second-order valence-corrected chi connectivity index (χ2v) is 9.02. The summed E-state index contributed by atoms with van der Waals surface area (Å²) in [6, 6.07) is 7.09. The normalized spacial score (nSPS) is 18.8. The lowest BCUT2D eigenvalue weighted by Crippen LogP contribution is -2.49. The highest BCUT2D eigenvalue weighted by molar-refractivity contribution is 7.89. The van der Waals surface area contributed by atoms with Crippen LogP contribution in [-0.4, -0.2) is 75.2 Å². The Balaban J connectivity index is 1.47. The van der Waals surface area contributed by atoms with E-state index >= 15 is 0 Å². The van der Waals surface area contributed by atoms with Crippen LogP contribution in [0.3, 0.4) is 0 Å². The quantitative estimate of drug-likeness (QED) is 0.736. The van der Waals surface area contributed by atoms with E-state index in [1.807, 2.05) is 13.0 Å². The highest BCUT2D eigenvalue weighted by atomic mass is 32.2. The van der Waals surface area contributed by atoms with Crippen molar-refractivity contribution in [1.29, 1.82) is 0 Å². The molecule has 2 aromatic rings. The number of aromatic nitrogens is 2. The smallest absolute Gasteiger partial charge is 0.243 e. The zero-order valence-corrected chi connectivity index (χ0v) is 17.1. The van der Waals surface area contributed by atoms with E-state index in [2.05, 4.69) is 19.8 Å². The molecule has 2 saturated heterocycles. The van der Waals surface area contributed by atoms with Gasteiger partial charge >= 0.3 is 0 Å². The van der Waals surface area contributed by atoms with E-state index in [1.54, 1.807) is 0 Å². The number of anilines is 2. The number of ether oxygens (including phenoxy) is 1. The lowest BCUT2D eigenvalue weighted by Gasteiger charge is -2.35. The van der Waals surface area contributed by atoms with Crippen molar-refractivity contribution in [3.8, 4) is 0 Å². The van der Waals surface area contributed by atoms with Gasteiger partial charge in [0.25, 0.3) is 0 Å². The van der Waals surface area contributed by atoms with Crippen molar-refractivity contribution in [2.45, 2.75) is 11.8 Å².